The van der Waals surface area contributed by atoms with E-state index in [1.54, 1.807) is 11.8 Å². The number of thiazole rings is 1. The highest BCUT2D eigenvalue weighted by molar-refractivity contribution is 8.00. The van der Waals surface area contributed by atoms with Crippen LogP contribution in [0.3, 0.4) is 0 Å². The average Bonchev–Trinajstić information content (AvgIpc) is 3.83. The van der Waals surface area contributed by atoms with Crippen LogP contribution in [0.4, 0.5) is 11.4 Å². The second kappa shape index (κ2) is 11.0. The molecule has 5 aromatic rings. The Labute approximate surface area is 278 Å². The average molecular weight is 660 g/mol. The van der Waals surface area contributed by atoms with Crippen LogP contribution >= 0.6 is 23.1 Å². The van der Waals surface area contributed by atoms with E-state index in [4.69, 9.17) is 4.74 Å². The zero-order valence-corrected chi connectivity index (χ0v) is 26.6. The van der Waals surface area contributed by atoms with E-state index in [1.165, 1.54) is 16.2 Å². The summed E-state index contributed by atoms with van der Waals surface area (Å²) in [5.41, 5.74) is 2.33. The molecule has 47 heavy (non-hydrogen) atoms. The number of amides is 3. The molecule has 2 aliphatic carbocycles. The molecule has 10 heteroatoms. The number of benzene rings is 4. The summed E-state index contributed by atoms with van der Waals surface area (Å²) in [5.74, 6) is -0.646. The van der Waals surface area contributed by atoms with Crippen molar-refractivity contribution in [3.63, 3.8) is 0 Å². The lowest BCUT2D eigenvalue weighted by Crippen LogP contribution is -2.42. The first-order valence-corrected chi connectivity index (χ1v) is 17.5. The summed E-state index contributed by atoms with van der Waals surface area (Å²) in [6, 6.07) is 30.6. The van der Waals surface area contributed by atoms with Gasteiger partial charge in [-0.15, -0.1) is 11.8 Å². The summed E-state index contributed by atoms with van der Waals surface area (Å²) in [5, 5.41) is 5.92. The molecule has 8 nitrogen and oxygen atoms in total. The van der Waals surface area contributed by atoms with Crippen molar-refractivity contribution < 1.29 is 19.1 Å². The Balaban J connectivity index is 1.00. The maximum atomic E-state index is 13.9. The largest absolute Gasteiger partial charge is 0.484 e. The molecule has 4 aliphatic rings. The maximum absolute atomic E-state index is 13.9. The van der Waals surface area contributed by atoms with Crippen molar-refractivity contribution in [2.24, 2.45) is 29.6 Å². The minimum absolute atomic E-state index is 0.0130. The number of aromatic nitrogens is 1. The van der Waals surface area contributed by atoms with E-state index in [-0.39, 0.29) is 70.0 Å². The van der Waals surface area contributed by atoms with Gasteiger partial charge in [-0.2, -0.15) is 0 Å². The first-order chi connectivity index (χ1) is 23.0. The quantitative estimate of drug-likeness (QED) is 0.208. The third-order valence-electron chi connectivity index (χ3n) is 10.4. The molecule has 9 rings (SSSR count). The van der Waals surface area contributed by atoms with Crippen molar-refractivity contribution in [1.82, 2.24) is 4.98 Å². The Morgan fingerprint density at radius 2 is 1.62 bits per heavy atom. The zero-order valence-electron chi connectivity index (χ0n) is 25.0. The Morgan fingerprint density at radius 1 is 0.872 bits per heavy atom. The lowest BCUT2D eigenvalue weighted by atomic mass is 9.68. The van der Waals surface area contributed by atoms with Gasteiger partial charge in [0, 0.05) is 27.1 Å². The predicted octanol–water partition coefficient (Wildman–Crippen LogP) is 6.29. The lowest BCUT2D eigenvalue weighted by molar-refractivity contribution is -0.123. The summed E-state index contributed by atoms with van der Waals surface area (Å²) in [6.07, 6.45) is 0.817. The smallest absolute Gasteiger partial charge is 0.305 e. The first kappa shape index (κ1) is 28.5. The minimum Gasteiger partial charge on any atom is -0.484 e. The van der Waals surface area contributed by atoms with E-state index in [9.17, 15) is 19.2 Å². The number of ether oxygens (including phenoxy) is 1. The van der Waals surface area contributed by atoms with Gasteiger partial charge < -0.3 is 15.0 Å². The van der Waals surface area contributed by atoms with Gasteiger partial charge in [0.2, 0.25) is 11.8 Å². The molecule has 2 aliphatic heterocycles. The predicted molar refractivity (Wildman–Crippen MR) is 182 cm³/mol. The van der Waals surface area contributed by atoms with Crippen LogP contribution in [0, 0.1) is 29.6 Å². The number of carbonyl (C=O) groups excluding carboxylic acids is 3. The molecule has 7 atom stereocenters. The number of hydrogen-bond acceptors (Lipinski definition) is 7. The summed E-state index contributed by atoms with van der Waals surface area (Å²) in [4.78, 5) is 58.7. The number of nitrogens with one attached hydrogen (secondary N) is 2. The van der Waals surface area contributed by atoms with Gasteiger partial charge in [0.05, 0.1) is 22.5 Å². The molecule has 1 aromatic heterocycles. The molecule has 4 aromatic carbocycles. The molecule has 234 valence electrons. The molecule has 2 saturated carbocycles. The highest BCUT2D eigenvalue weighted by atomic mass is 32.2. The molecule has 1 saturated heterocycles. The van der Waals surface area contributed by atoms with E-state index in [2.05, 4.69) is 10.3 Å². The fourth-order valence-electron chi connectivity index (χ4n) is 8.69. The molecular formula is C37H29N3O5S2. The molecule has 0 spiro atoms. The second-order valence-electron chi connectivity index (χ2n) is 12.7. The Bertz CT molecular complexity index is 2140. The molecule has 2 bridgehead atoms. The van der Waals surface area contributed by atoms with Crippen molar-refractivity contribution in [3.05, 3.63) is 117 Å². The number of H-pyrrole nitrogens is 1. The van der Waals surface area contributed by atoms with Gasteiger partial charge >= 0.3 is 4.87 Å². The fraction of sp³-hybridized carbons (Fsp3) is 0.243. The van der Waals surface area contributed by atoms with Crippen molar-refractivity contribution in [1.29, 1.82) is 0 Å². The summed E-state index contributed by atoms with van der Waals surface area (Å²) < 4.78 is 6.02. The lowest BCUT2D eigenvalue weighted by Gasteiger charge is -2.43. The van der Waals surface area contributed by atoms with Crippen molar-refractivity contribution >= 4 is 63.0 Å². The minimum atomic E-state index is -0.369. The monoisotopic (exact) mass is 659 g/mol. The number of nitrogens with zero attached hydrogens (tertiary/aromatic N) is 1. The van der Waals surface area contributed by atoms with Crippen LogP contribution in [0.15, 0.2) is 107 Å². The summed E-state index contributed by atoms with van der Waals surface area (Å²) in [7, 11) is 0. The van der Waals surface area contributed by atoms with Crippen LogP contribution in [0.1, 0.15) is 22.8 Å². The van der Waals surface area contributed by atoms with E-state index in [0.29, 0.717) is 11.4 Å². The normalized spacial score (nSPS) is 27.1. The molecule has 4 unspecified atom stereocenters. The molecule has 3 fully saturated rings. The van der Waals surface area contributed by atoms with Gasteiger partial charge in [-0.1, -0.05) is 78.1 Å². The SMILES string of the molecule is O=C(COc1cccc([C@H]2c3sc(=O)[nH]c3SC3C2[C@H]2C[C@@H]3C3C(=O)N(c4ccccc4)C(=O)C32)c1)Nc1cccc2ccccc12. The maximum Gasteiger partial charge on any atom is 0.305 e. The Kier molecular flexibility index (Phi) is 6.65. The van der Waals surface area contributed by atoms with Gasteiger partial charge in [-0.05, 0) is 65.5 Å². The van der Waals surface area contributed by atoms with Gasteiger partial charge in [0.25, 0.3) is 5.91 Å². The van der Waals surface area contributed by atoms with Crippen LogP contribution in [0.25, 0.3) is 10.8 Å². The van der Waals surface area contributed by atoms with Gasteiger partial charge in [-0.3, -0.25) is 24.1 Å². The number of carbonyl (C=O) groups is 3. The topological polar surface area (TPSA) is 109 Å². The van der Waals surface area contributed by atoms with Gasteiger partial charge in [0.1, 0.15) is 5.75 Å². The van der Waals surface area contributed by atoms with E-state index in [1.807, 2.05) is 97.1 Å². The van der Waals surface area contributed by atoms with Crippen LogP contribution in [-0.2, 0) is 14.4 Å². The second-order valence-corrected chi connectivity index (χ2v) is 14.9. The number of rotatable bonds is 6. The van der Waals surface area contributed by atoms with Crippen LogP contribution in [0.2, 0.25) is 0 Å². The van der Waals surface area contributed by atoms with Crippen LogP contribution < -0.4 is 19.8 Å². The molecule has 3 heterocycles. The molecule has 3 amide bonds. The van der Waals surface area contributed by atoms with Crippen LogP contribution in [-0.4, -0.2) is 34.6 Å². The Hall–Kier alpha value is -4.67. The van der Waals surface area contributed by atoms with Gasteiger partial charge in [-0.25, -0.2) is 0 Å². The van der Waals surface area contributed by atoms with Crippen molar-refractivity contribution in [3.8, 4) is 5.75 Å². The number of imide groups is 1. The van der Waals surface area contributed by atoms with Gasteiger partial charge in [0.15, 0.2) is 6.61 Å². The van der Waals surface area contributed by atoms with E-state index < -0.39 is 0 Å². The highest BCUT2D eigenvalue weighted by Gasteiger charge is 2.69. The van der Waals surface area contributed by atoms with Crippen molar-refractivity contribution in [2.45, 2.75) is 22.6 Å². The number of anilines is 2. The first-order valence-electron chi connectivity index (χ1n) is 15.8. The standard InChI is InChI=1S/C37H29N3O5S2/c41-27(38-26-15-7-9-19-8-4-5-14-23(19)26)18-45-22-13-6-10-20(16-22)28-29-24-17-25(32(29)46-34-33(28)47-37(44)39-34)31-30(24)35(42)40(36(31)43)21-11-2-1-3-12-21/h1-16,24-25,28-32H,17-18H2,(H,38,41)(H,39,44)/t24-,25-,28-,29?,30?,31?,32?/m1/s1. The number of para-hydroxylation sites is 1. The van der Waals surface area contributed by atoms with E-state index in [0.717, 1.165) is 38.3 Å². The fourth-order valence-corrected chi connectivity index (χ4v) is 11.6. The van der Waals surface area contributed by atoms with Crippen molar-refractivity contribution in [2.75, 3.05) is 16.8 Å². The summed E-state index contributed by atoms with van der Waals surface area (Å²) in [6.45, 7) is -0.164. The Morgan fingerprint density at radius 3 is 2.47 bits per heavy atom. The molecular weight excluding hydrogens is 631 g/mol. The van der Waals surface area contributed by atoms with E-state index >= 15 is 0 Å². The van der Waals surface area contributed by atoms with Crippen LogP contribution in [0.5, 0.6) is 5.75 Å². The zero-order chi connectivity index (χ0) is 31.8. The third kappa shape index (κ3) is 4.49. The molecule has 2 N–H and O–H groups in total. The molecule has 0 radical (unpaired) electrons. The highest BCUT2D eigenvalue weighted by Crippen LogP contribution is 2.68. The number of thioether (sulfide) groups is 1. The number of aromatic amines is 1. The number of fused-ring (bicyclic) bond motifs is 10. The summed E-state index contributed by atoms with van der Waals surface area (Å²) >= 11 is 2.89. The third-order valence-corrected chi connectivity index (χ3v) is 13.0. The number of hydrogen-bond donors (Lipinski definition) is 2.